The molecule has 0 spiro atoms. The van der Waals surface area contributed by atoms with E-state index in [0.717, 1.165) is 0 Å². The average molecular weight is 281 g/mol. The lowest BCUT2D eigenvalue weighted by atomic mass is 10.1. The van der Waals surface area contributed by atoms with Crippen LogP contribution in [0.5, 0.6) is 0 Å². The van der Waals surface area contributed by atoms with Crippen molar-refractivity contribution < 1.29 is 13.5 Å². The van der Waals surface area contributed by atoms with Gasteiger partial charge in [-0.05, 0) is 24.6 Å². The quantitative estimate of drug-likeness (QED) is 0.884. The number of nitrogens with one attached hydrogen (secondary N) is 1. The Morgan fingerprint density at radius 3 is 2.68 bits per heavy atom. The van der Waals surface area contributed by atoms with E-state index in [1.807, 2.05) is 0 Å². The smallest absolute Gasteiger partial charge is 0.263 e. The number of aliphatic hydroxyl groups excluding tert-OH is 1. The second kappa shape index (κ2) is 5.02. The van der Waals surface area contributed by atoms with Crippen LogP contribution in [0.25, 0.3) is 0 Å². The largest absolute Gasteiger partial charge is 0.389 e. The van der Waals surface area contributed by atoms with Crippen LogP contribution in [0.2, 0.25) is 0 Å². The van der Waals surface area contributed by atoms with Crippen molar-refractivity contribution in [2.24, 2.45) is 7.05 Å². The average Bonchev–Trinajstić information content (AvgIpc) is 2.74. The molecule has 102 valence electrons. The van der Waals surface area contributed by atoms with Gasteiger partial charge >= 0.3 is 0 Å². The summed E-state index contributed by atoms with van der Waals surface area (Å²) in [5.74, 6) is 0.255. The van der Waals surface area contributed by atoms with Gasteiger partial charge < -0.3 is 5.11 Å². The van der Waals surface area contributed by atoms with Gasteiger partial charge in [-0.2, -0.15) is 5.10 Å². The second-order valence-electron chi connectivity index (χ2n) is 4.23. The number of rotatable bonds is 4. The highest BCUT2D eigenvalue weighted by molar-refractivity contribution is 7.92. The van der Waals surface area contributed by atoms with E-state index in [1.54, 1.807) is 38.4 Å². The van der Waals surface area contributed by atoms with Crippen LogP contribution in [-0.2, 0) is 17.1 Å². The zero-order valence-electron chi connectivity index (χ0n) is 10.6. The van der Waals surface area contributed by atoms with Crippen LogP contribution >= 0.6 is 0 Å². The Morgan fingerprint density at radius 1 is 1.37 bits per heavy atom. The summed E-state index contributed by atoms with van der Waals surface area (Å²) < 4.78 is 28.2. The summed E-state index contributed by atoms with van der Waals surface area (Å²) in [4.78, 5) is 0.0940. The first-order chi connectivity index (χ1) is 8.88. The van der Waals surface area contributed by atoms with Gasteiger partial charge in [0.1, 0.15) is 0 Å². The van der Waals surface area contributed by atoms with E-state index in [1.165, 1.54) is 16.8 Å². The lowest BCUT2D eigenvalue weighted by Gasteiger charge is -2.09. The fourth-order valence-corrected chi connectivity index (χ4v) is 2.66. The molecule has 0 bridgehead atoms. The van der Waals surface area contributed by atoms with Gasteiger partial charge in [-0.25, -0.2) is 8.42 Å². The maximum absolute atomic E-state index is 12.1. The van der Waals surface area contributed by atoms with Gasteiger partial charge in [0.25, 0.3) is 10.0 Å². The summed E-state index contributed by atoms with van der Waals surface area (Å²) in [5.41, 5.74) is 0.545. The number of benzene rings is 1. The van der Waals surface area contributed by atoms with Gasteiger partial charge in [0.05, 0.1) is 11.0 Å². The molecule has 0 radical (unpaired) electrons. The molecular weight excluding hydrogens is 266 g/mol. The third kappa shape index (κ3) is 3.12. The van der Waals surface area contributed by atoms with Crippen molar-refractivity contribution in [2.75, 3.05) is 4.72 Å². The first-order valence-corrected chi connectivity index (χ1v) is 7.17. The molecule has 2 rings (SSSR count). The third-order valence-electron chi connectivity index (χ3n) is 2.60. The Kier molecular flexibility index (Phi) is 3.59. The van der Waals surface area contributed by atoms with Crippen molar-refractivity contribution in [2.45, 2.75) is 17.9 Å². The summed E-state index contributed by atoms with van der Waals surface area (Å²) in [5, 5.41) is 13.4. The highest BCUT2D eigenvalue weighted by Gasteiger charge is 2.16. The molecule has 2 N–H and O–H groups in total. The van der Waals surface area contributed by atoms with Crippen molar-refractivity contribution in [3.63, 3.8) is 0 Å². The van der Waals surface area contributed by atoms with Crippen LogP contribution in [-0.4, -0.2) is 23.3 Å². The van der Waals surface area contributed by atoms with Crippen molar-refractivity contribution in [1.29, 1.82) is 0 Å². The van der Waals surface area contributed by atoms with Gasteiger partial charge in [0.15, 0.2) is 5.82 Å². The van der Waals surface area contributed by atoms with Crippen LogP contribution in [0.4, 0.5) is 5.82 Å². The Labute approximate surface area is 111 Å². The topological polar surface area (TPSA) is 84.2 Å². The lowest BCUT2D eigenvalue weighted by Crippen LogP contribution is -2.14. The van der Waals surface area contributed by atoms with Crippen LogP contribution < -0.4 is 4.72 Å². The molecule has 2 aromatic rings. The molecule has 0 aliphatic rings. The van der Waals surface area contributed by atoms with Crippen LogP contribution in [0, 0.1) is 0 Å². The zero-order valence-corrected chi connectivity index (χ0v) is 11.4. The van der Waals surface area contributed by atoms with Gasteiger partial charge in [-0.3, -0.25) is 9.40 Å². The maximum atomic E-state index is 12.1. The summed E-state index contributed by atoms with van der Waals surface area (Å²) in [6, 6.07) is 7.74. The van der Waals surface area contributed by atoms with Crippen molar-refractivity contribution >= 4 is 15.8 Å². The summed E-state index contributed by atoms with van der Waals surface area (Å²) in [6.45, 7) is 1.58. The van der Waals surface area contributed by atoms with Gasteiger partial charge in [0.2, 0.25) is 0 Å². The number of hydrogen-bond donors (Lipinski definition) is 2. The minimum atomic E-state index is -3.69. The molecule has 19 heavy (non-hydrogen) atoms. The van der Waals surface area contributed by atoms with E-state index in [-0.39, 0.29) is 10.7 Å². The summed E-state index contributed by atoms with van der Waals surface area (Å²) in [7, 11) is -1.99. The molecule has 0 saturated heterocycles. The number of aliphatic hydroxyl groups is 1. The zero-order chi connectivity index (χ0) is 14.0. The Balaban J connectivity index is 2.31. The third-order valence-corrected chi connectivity index (χ3v) is 3.96. The fraction of sp³-hybridized carbons (Fsp3) is 0.250. The Bertz CT molecular complexity index is 677. The molecule has 0 fully saturated rings. The molecule has 1 aromatic carbocycles. The van der Waals surface area contributed by atoms with E-state index in [0.29, 0.717) is 5.56 Å². The molecule has 1 atom stereocenters. The number of aromatic nitrogens is 2. The normalized spacial score (nSPS) is 13.2. The molecule has 0 aliphatic heterocycles. The molecule has 0 aliphatic carbocycles. The van der Waals surface area contributed by atoms with Crippen molar-refractivity contribution in [3.05, 3.63) is 42.1 Å². The van der Waals surface area contributed by atoms with Crippen LogP contribution in [0.3, 0.4) is 0 Å². The first-order valence-electron chi connectivity index (χ1n) is 5.69. The molecule has 1 heterocycles. The SMILES string of the molecule is CC(O)c1cccc(S(=O)(=O)Nc2ccn(C)n2)c1. The number of anilines is 1. The van der Waals surface area contributed by atoms with Gasteiger partial charge in [0, 0.05) is 19.3 Å². The minimum Gasteiger partial charge on any atom is -0.389 e. The van der Waals surface area contributed by atoms with Gasteiger partial charge in [-0.15, -0.1) is 0 Å². The highest BCUT2D eigenvalue weighted by atomic mass is 32.2. The second-order valence-corrected chi connectivity index (χ2v) is 5.91. The molecule has 0 saturated carbocycles. The lowest BCUT2D eigenvalue weighted by molar-refractivity contribution is 0.199. The van der Waals surface area contributed by atoms with Gasteiger partial charge in [-0.1, -0.05) is 12.1 Å². The van der Waals surface area contributed by atoms with E-state index in [9.17, 15) is 13.5 Å². The highest BCUT2D eigenvalue weighted by Crippen LogP contribution is 2.19. The van der Waals surface area contributed by atoms with E-state index in [2.05, 4.69) is 9.82 Å². The molecule has 0 amide bonds. The number of nitrogens with zero attached hydrogens (tertiary/aromatic N) is 2. The number of sulfonamides is 1. The molecule has 1 aromatic heterocycles. The number of hydrogen-bond acceptors (Lipinski definition) is 4. The van der Waals surface area contributed by atoms with Crippen molar-refractivity contribution in [3.8, 4) is 0 Å². The standard InChI is InChI=1S/C12H15N3O3S/c1-9(16)10-4-3-5-11(8-10)19(17,18)14-12-6-7-15(2)13-12/h3-9,16H,1-2H3,(H,13,14). The minimum absolute atomic E-state index is 0.0940. The molecule has 6 nitrogen and oxygen atoms in total. The summed E-state index contributed by atoms with van der Waals surface area (Å²) in [6.07, 6.45) is 0.925. The monoisotopic (exact) mass is 281 g/mol. The first kappa shape index (κ1) is 13.6. The fourth-order valence-electron chi connectivity index (χ4n) is 1.61. The maximum Gasteiger partial charge on any atom is 0.263 e. The number of aryl methyl sites for hydroxylation is 1. The Morgan fingerprint density at radius 2 is 2.11 bits per heavy atom. The predicted molar refractivity (Wildman–Crippen MR) is 71.1 cm³/mol. The van der Waals surface area contributed by atoms with Crippen molar-refractivity contribution in [1.82, 2.24) is 9.78 Å². The molecule has 1 unspecified atom stereocenters. The Hall–Kier alpha value is -1.86. The van der Waals surface area contributed by atoms with E-state index >= 15 is 0 Å². The van der Waals surface area contributed by atoms with E-state index < -0.39 is 16.1 Å². The van der Waals surface area contributed by atoms with Crippen LogP contribution in [0.15, 0.2) is 41.4 Å². The van der Waals surface area contributed by atoms with E-state index in [4.69, 9.17) is 0 Å². The predicted octanol–water partition coefficient (Wildman–Crippen LogP) is 1.27. The molecule has 7 heteroatoms. The summed E-state index contributed by atoms with van der Waals surface area (Å²) >= 11 is 0. The van der Waals surface area contributed by atoms with Crippen LogP contribution in [0.1, 0.15) is 18.6 Å². The molecular formula is C12H15N3O3S.